The van der Waals surface area contributed by atoms with Crippen LogP contribution in [0.5, 0.6) is 0 Å². The fourth-order valence-electron chi connectivity index (χ4n) is 2.63. The van der Waals surface area contributed by atoms with Crippen molar-refractivity contribution in [3.63, 3.8) is 0 Å². The molecule has 92 valence electrons. The summed E-state index contributed by atoms with van der Waals surface area (Å²) >= 11 is 3.44. The summed E-state index contributed by atoms with van der Waals surface area (Å²) in [5.74, 6) is 1.07. The highest BCUT2D eigenvalue weighted by molar-refractivity contribution is 9.10. The molecule has 1 aromatic rings. The molecule has 2 heteroatoms. The molecule has 0 amide bonds. The van der Waals surface area contributed by atoms with Crippen molar-refractivity contribution in [2.75, 3.05) is 0 Å². The summed E-state index contributed by atoms with van der Waals surface area (Å²) in [4.78, 5) is 12.1. The maximum absolute atomic E-state index is 12.1. The van der Waals surface area contributed by atoms with Crippen LogP contribution in [0.15, 0.2) is 28.7 Å². The van der Waals surface area contributed by atoms with E-state index < -0.39 is 0 Å². The summed E-state index contributed by atoms with van der Waals surface area (Å²) in [7, 11) is 0. The third kappa shape index (κ3) is 3.67. The second-order valence-corrected chi connectivity index (χ2v) is 5.80. The minimum Gasteiger partial charge on any atom is -0.294 e. The van der Waals surface area contributed by atoms with Gasteiger partial charge in [0.15, 0.2) is 5.78 Å². The van der Waals surface area contributed by atoms with E-state index in [2.05, 4.69) is 15.9 Å². The molecule has 17 heavy (non-hydrogen) atoms. The number of carbonyl (C=O) groups excluding carboxylic acids is 1. The first-order chi connectivity index (χ1) is 8.27. The fraction of sp³-hybridized carbons (Fsp3) is 0.533. The number of hydrogen-bond acceptors (Lipinski definition) is 1. The zero-order valence-electron chi connectivity index (χ0n) is 10.1. The van der Waals surface area contributed by atoms with Crippen LogP contribution in [-0.4, -0.2) is 5.78 Å². The molecule has 1 saturated carbocycles. The highest BCUT2D eigenvalue weighted by Gasteiger charge is 2.16. The van der Waals surface area contributed by atoms with Crippen LogP contribution in [0.25, 0.3) is 0 Å². The highest BCUT2D eigenvalue weighted by atomic mass is 79.9. The van der Waals surface area contributed by atoms with Crippen molar-refractivity contribution >= 4 is 21.7 Å². The number of ketones is 1. The summed E-state index contributed by atoms with van der Waals surface area (Å²) in [5.41, 5.74) is 0.836. The molecule has 0 saturated heterocycles. The lowest BCUT2D eigenvalue weighted by Gasteiger charge is -2.20. The van der Waals surface area contributed by atoms with Gasteiger partial charge in [0, 0.05) is 16.5 Å². The van der Waals surface area contributed by atoms with Crippen molar-refractivity contribution < 1.29 is 4.79 Å². The molecular formula is C15H19BrO. The molecule has 1 aromatic carbocycles. The Hall–Kier alpha value is -0.630. The number of benzene rings is 1. The molecule has 0 N–H and O–H groups in total. The van der Waals surface area contributed by atoms with Gasteiger partial charge in [0.2, 0.25) is 0 Å². The maximum atomic E-state index is 12.1. The van der Waals surface area contributed by atoms with Gasteiger partial charge in [0.25, 0.3) is 0 Å². The van der Waals surface area contributed by atoms with Gasteiger partial charge in [-0.05, 0) is 18.4 Å². The second kappa shape index (κ2) is 6.34. The zero-order chi connectivity index (χ0) is 12.1. The molecule has 0 atom stereocenters. The Kier molecular flexibility index (Phi) is 4.78. The number of hydrogen-bond donors (Lipinski definition) is 0. The van der Waals surface area contributed by atoms with Crippen molar-refractivity contribution in [1.29, 1.82) is 0 Å². The molecule has 0 aliphatic heterocycles. The monoisotopic (exact) mass is 294 g/mol. The predicted octanol–water partition coefficient (Wildman–Crippen LogP) is 4.99. The lowest BCUT2D eigenvalue weighted by atomic mass is 9.85. The maximum Gasteiger partial charge on any atom is 0.164 e. The first kappa shape index (κ1) is 12.8. The average molecular weight is 295 g/mol. The second-order valence-electron chi connectivity index (χ2n) is 4.95. The topological polar surface area (TPSA) is 17.1 Å². The van der Waals surface area contributed by atoms with Gasteiger partial charge in [-0.15, -0.1) is 0 Å². The van der Waals surface area contributed by atoms with Gasteiger partial charge in [-0.1, -0.05) is 66.2 Å². The van der Waals surface area contributed by atoms with Gasteiger partial charge < -0.3 is 0 Å². The Morgan fingerprint density at radius 1 is 1.18 bits per heavy atom. The lowest BCUT2D eigenvalue weighted by molar-refractivity contribution is 0.0969. The van der Waals surface area contributed by atoms with Crippen LogP contribution in [0.1, 0.15) is 55.3 Å². The highest BCUT2D eigenvalue weighted by Crippen LogP contribution is 2.28. The SMILES string of the molecule is O=C(CCC1CCCCC1)c1ccccc1Br. The van der Waals surface area contributed by atoms with Crippen LogP contribution < -0.4 is 0 Å². The van der Waals surface area contributed by atoms with Crippen molar-refractivity contribution in [3.8, 4) is 0 Å². The van der Waals surface area contributed by atoms with E-state index >= 15 is 0 Å². The zero-order valence-corrected chi connectivity index (χ0v) is 11.7. The molecular weight excluding hydrogens is 276 g/mol. The molecule has 1 fully saturated rings. The number of Topliss-reactive ketones (excluding diaryl/α,β-unsaturated/α-hetero) is 1. The van der Waals surface area contributed by atoms with Crippen molar-refractivity contribution in [1.82, 2.24) is 0 Å². The van der Waals surface area contributed by atoms with Gasteiger partial charge in [0.1, 0.15) is 0 Å². The normalized spacial score (nSPS) is 17.0. The van der Waals surface area contributed by atoms with Gasteiger partial charge in [-0.3, -0.25) is 4.79 Å². The fourth-order valence-corrected chi connectivity index (χ4v) is 3.14. The average Bonchev–Trinajstić information content (AvgIpc) is 2.38. The van der Waals surface area contributed by atoms with Gasteiger partial charge in [0.05, 0.1) is 0 Å². The summed E-state index contributed by atoms with van der Waals surface area (Å²) in [5, 5.41) is 0. The third-order valence-corrected chi connectivity index (χ3v) is 4.37. The molecule has 0 heterocycles. The minimum atomic E-state index is 0.281. The number of rotatable bonds is 4. The van der Waals surface area contributed by atoms with E-state index in [0.29, 0.717) is 6.42 Å². The third-order valence-electron chi connectivity index (χ3n) is 3.68. The minimum absolute atomic E-state index is 0.281. The van der Waals surface area contributed by atoms with E-state index in [4.69, 9.17) is 0 Å². The van der Waals surface area contributed by atoms with E-state index in [1.165, 1.54) is 32.1 Å². The largest absolute Gasteiger partial charge is 0.294 e. The van der Waals surface area contributed by atoms with Gasteiger partial charge in [-0.2, -0.15) is 0 Å². The first-order valence-electron chi connectivity index (χ1n) is 6.55. The Morgan fingerprint density at radius 2 is 1.88 bits per heavy atom. The standard InChI is InChI=1S/C15H19BrO/c16-14-9-5-4-8-13(14)15(17)11-10-12-6-2-1-3-7-12/h4-5,8-9,12H,1-3,6-7,10-11H2. The van der Waals surface area contributed by atoms with E-state index in [9.17, 15) is 4.79 Å². The van der Waals surface area contributed by atoms with Crippen LogP contribution in [-0.2, 0) is 0 Å². The molecule has 0 spiro atoms. The molecule has 0 bridgehead atoms. The summed E-state index contributed by atoms with van der Waals surface area (Å²) < 4.78 is 0.925. The van der Waals surface area contributed by atoms with Crippen LogP contribution in [0.2, 0.25) is 0 Å². The summed E-state index contributed by atoms with van der Waals surface area (Å²) in [6.45, 7) is 0. The smallest absolute Gasteiger partial charge is 0.164 e. The van der Waals surface area contributed by atoms with Crippen LogP contribution in [0, 0.1) is 5.92 Å². The molecule has 1 aliphatic rings. The molecule has 1 nitrogen and oxygen atoms in total. The summed E-state index contributed by atoms with van der Waals surface area (Å²) in [6.07, 6.45) is 8.51. The molecule has 0 radical (unpaired) electrons. The van der Waals surface area contributed by atoms with Gasteiger partial charge >= 0.3 is 0 Å². The Labute approximate surface area is 112 Å². The van der Waals surface area contributed by atoms with Crippen LogP contribution >= 0.6 is 15.9 Å². The molecule has 2 rings (SSSR count). The van der Waals surface area contributed by atoms with Crippen molar-refractivity contribution in [2.45, 2.75) is 44.9 Å². The van der Waals surface area contributed by atoms with E-state index in [1.807, 2.05) is 24.3 Å². The Balaban J connectivity index is 1.87. The van der Waals surface area contributed by atoms with Crippen LogP contribution in [0.4, 0.5) is 0 Å². The Bertz CT molecular complexity index is 380. The van der Waals surface area contributed by atoms with Crippen molar-refractivity contribution in [2.24, 2.45) is 5.92 Å². The predicted molar refractivity (Wildman–Crippen MR) is 74.3 cm³/mol. The van der Waals surface area contributed by atoms with E-state index in [0.717, 1.165) is 22.4 Å². The van der Waals surface area contributed by atoms with Crippen molar-refractivity contribution in [3.05, 3.63) is 34.3 Å². The first-order valence-corrected chi connectivity index (χ1v) is 7.34. The number of carbonyl (C=O) groups is 1. The van der Waals surface area contributed by atoms with Crippen LogP contribution in [0.3, 0.4) is 0 Å². The van der Waals surface area contributed by atoms with Gasteiger partial charge in [-0.25, -0.2) is 0 Å². The molecule has 1 aliphatic carbocycles. The quantitative estimate of drug-likeness (QED) is 0.715. The molecule has 0 unspecified atom stereocenters. The molecule has 0 aromatic heterocycles. The van der Waals surface area contributed by atoms with E-state index in [1.54, 1.807) is 0 Å². The van der Waals surface area contributed by atoms with E-state index in [-0.39, 0.29) is 5.78 Å². The Morgan fingerprint density at radius 3 is 2.59 bits per heavy atom. The number of halogens is 1. The lowest BCUT2D eigenvalue weighted by Crippen LogP contribution is -2.09. The summed E-state index contributed by atoms with van der Waals surface area (Å²) in [6, 6.07) is 7.72.